The molecule has 4 N–H and O–H groups in total. The van der Waals surface area contributed by atoms with Crippen molar-refractivity contribution >= 4 is 23.6 Å². The largest absolute Gasteiger partial charge is 0.368 e. The van der Waals surface area contributed by atoms with E-state index in [0.717, 1.165) is 5.56 Å². The lowest BCUT2D eigenvalue weighted by Gasteiger charge is -2.28. The predicted molar refractivity (Wildman–Crippen MR) is 105 cm³/mol. The van der Waals surface area contributed by atoms with Crippen molar-refractivity contribution in [1.82, 2.24) is 15.5 Å². The minimum absolute atomic E-state index is 0.0396. The summed E-state index contributed by atoms with van der Waals surface area (Å²) < 4.78 is 0. The maximum Gasteiger partial charge on any atom is 0.255 e. The molecule has 150 valence electrons. The van der Waals surface area contributed by atoms with Crippen molar-refractivity contribution in [2.45, 2.75) is 44.3 Å². The molecule has 2 heterocycles. The number of primary amides is 1. The molecule has 0 radical (unpaired) electrons. The van der Waals surface area contributed by atoms with Gasteiger partial charge in [0.15, 0.2) is 5.54 Å². The molecule has 3 atom stereocenters. The minimum atomic E-state index is -1.18. The van der Waals surface area contributed by atoms with E-state index >= 15 is 0 Å². The number of amidine groups is 1. The fraction of sp³-hybridized carbons (Fsp3) is 0.500. The minimum Gasteiger partial charge on any atom is -0.368 e. The van der Waals surface area contributed by atoms with E-state index in [1.807, 2.05) is 44.2 Å². The number of hydrogen-bond acceptors (Lipinski definition) is 5. The van der Waals surface area contributed by atoms with Gasteiger partial charge >= 0.3 is 0 Å². The van der Waals surface area contributed by atoms with Crippen molar-refractivity contribution in [3.8, 4) is 0 Å². The molecule has 1 spiro atoms. The van der Waals surface area contributed by atoms with Crippen LogP contribution in [0.15, 0.2) is 35.3 Å². The van der Waals surface area contributed by atoms with E-state index in [-0.39, 0.29) is 24.8 Å². The Morgan fingerprint density at radius 3 is 2.61 bits per heavy atom. The number of nitrogens with zero attached hydrogens (tertiary/aromatic N) is 2. The van der Waals surface area contributed by atoms with Gasteiger partial charge in [-0.2, -0.15) is 0 Å². The number of nitrogens with two attached hydrogens (primary N) is 1. The van der Waals surface area contributed by atoms with Gasteiger partial charge in [0.25, 0.3) is 5.91 Å². The monoisotopic (exact) mass is 385 g/mol. The van der Waals surface area contributed by atoms with Crippen molar-refractivity contribution in [2.24, 2.45) is 16.6 Å². The number of carbonyl (C=O) groups excluding carboxylic acids is 3. The highest BCUT2D eigenvalue weighted by Crippen LogP contribution is 2.35. The molecule has 0 aliphatic carbocycles. The molecule has 1 aromatic carbocycles. The van der Waals surface area contributed by atoms with Gasteiger partial charge in [0.1, 0.15) is 11.9 Å². The summed E-state index contributed by atoms with van der Waals surface area (Å²) in [6.07, 6.45) is 0.712. The molecule has 3 amide bonds. The van der Waals surface area contributed by atoms with E-state index in [2.05, 4.69) is 15.6 Å². The van der Waals surface area contributed by atoms with E-state index < -0.39 is 23.5 Å². The summed E-state index contributed by atoms with van der Waals surface area (Å²) in [7, 11) is 1.71. The average molecular weight is 385 g/mol. The Morgan fingerprint density at radius 2 is 2.04 bits per heavy atom. The zero-order valence-electron chi connectivity index (χ0n) is 16.4. The van der Waals surface area contributed by atoms with Crippen LogP contribution in [-0.4, -0.2) is 59.7 Å². The Morgan fingerprint density at radius 1 is 1.36 bits per heavy atom. The SMILES string of the molecule is CN[C@@H](CC(C)C)C(=O)N1C[C@@]2(C[C@H]1C(N)=O)N=C(c1ccccc1)NC2=O. The molecule has 2 aliphatic heterocycles. The Hall–Kier alpha value is -2.74. The van der Waals surface area contributed by atoms with E-state index in [9.17, 15) is 14.4 Å². The summed E-state index contributed by atoms with van der Waals surface area (Å²) in [4.78, 5) is 44.0. The van der Waals surface area contributed by atoms with Crippen LogP contribution in [-0.2, 0) is 14.4 Å². The number of benzene rings is 1. The van der Waals surface area contributed by atoms with Crippen LogP contribution >= 0.6 is 0 Å². The van der Waals surface area contributed by atoms with Crippen molar-refractivity contribution in [1.29, 1.82) is 0 Å². The van der Waals surface area contributed by atoms with Crippen LogP contribution in [0.2, 0.25) is 0 Å². The van der Waals surface area contributed by atoms with Crippen LogP contribution in [0.25, 0.3) is 0 Å². The summed E-state index contributed by atoms with van der Waals surface area (Å²) >= 11 is 0. The highest BCUT2D eigenvalue weighted by atomic mass is 16.2. The van der Waals surface area contributed by atoms with Crippen molar-refractivity contribution in [3.63, 3.8) is 0 Å². The van der Waals surface area contributed by atoms with Crippen LogP contribution < -0.4 is 16.4 Å². The van der Waals surface area contributed by atoms with E-state index in [0.29, 0.717) is 18.2 Å². The molecule has 0 aromatic heterocycles. The normalized spacial score (nSPS) is 25.1. The zero-order chi connectivity index (χ0) is 20.5. The molecule has 28 heavy (non-hydrogen) atoms. The fourth-order valence-electron chi connectivity index (χ4n) is 3.88. The Labute approximate surface area is 164 Å². The lowest BCUT2D eigenvalue weighted by atomic mass is 9.96. The average Bonchev–Trinajstić information content (AvgIpc) is 3.21. The number of rotatable bonds is 6. The van der Waals surface area contributed by atoms with E-state index in [4.69, 9.17) is 5.73 Å². The highest BCUT2D eigenvalue weighted by molar-refractivity contribution is 6.16. The molecule has 2 aliphatic rings. The van der Waals surface area contributed by atoms with Crippen molar-refractivity contribution < 1.29 is 14.4 Å². The van der Waals surface area contributed by atoms with Crippen LogP contribution in [0.5, 0.6) is 0 Å². The third-order valence-electron chi connectivity index (χ3n) is 5.33. The van der Waals surface area contributed by atoms with Gasteiger partial charge in [-0.3, -0.25) is 14.4 Å². The number of likely N-dealkylation sites (tertiary alicyclic amines) is 1. The van der Waals surface area contributed by atoms with Crippen LogP contribution in [0.1, 0.15) is 32.3 Å². The number of amides is 3. The Kier molecular flexibility index (Phi) is 5.51. The van der Waals surface area contributed by atoms with Crippen molar-refractivity contribution in [3.05, 3.63) is 35.9 Å². The molecular formula is C20H27N5O3. The third kappa shape index (κ3) is 3.64. The molecule has 0 saturated carbocycles. The van der Waals surface area contributed by atoms with Gasteiger partial charge in [0.05, 0.1) is 12.6 Å². The van der Waals surface area contributed by atoms with Gasteiger partial charge in [0, 0.05) is 12.0 Å². The molecule has 1 fully saturated rings. The Bertz CT molecular complexity index is 807. The highest BCUT2D eigenvalue weighted by Gasteiger charge is 2.56. The quantitative estimate of drug-likeness (QED) is 0.640. The summed E-state index contributed by atoms with van der Waals surface area (Å²) in [6, 6.07) is 7.98. The Balaban J connectivity index is 1.91. The molecule has 8 nitrogen and oxygen atoms in total. The molecule has 3 rings (SSSR count). The standard InChI is InChI=1S/C20H27N5O3/c1-12(2)9-14(22-3)18(27)25-11-20(10-15(25)16(21)26)19(28)23-17(24-20)13-7-5-4-6-8-13/h4-8,12,14-15,22H,9-11H2,1-3H3,(H2,21,26)(H,23,24,28)/t14-,15-,20+/m0/s1. The maximum atomic E-state index is 13.1. The third-order valence-corrected chi connectivity index (χ3v) is 5.33. The zero-order valence-corrected chi connectivity index (χ0v) is 16.4. The number of carbonyl (C=O) groups is 3. The topological polar surface area (TPSA) is 117 Å². The first-order valence-electron chi connectivity index (χ1n) is 9.51. The van der Waals surface area contributed by atoms with Gasteiger partial charge in [-0.1, -0.05) is 44.2 Å². The summed E-state index contributed by atoms with van der Waals surface area (Å²) in [5.74, 6) is -0.412. The van der Waals surface area contributed by atoms with Crippen LogP contribution in [0.4, 0.5) is 0 Å². The second kappa shape index (κ2) is 7.71. The molecule has 1 aromatic rings. The number of hydrogen-bond donors (Lipinski definition) is 3. The maximum absolute atomic E-state index is 13.1. The number of aliphatic imine (C=N–C) groups is 1. The lowest BCUT2D eigenvalue weighted by Crippen LogP contribution is -2.52. The van der Waals surface area contributed by atoms with Gasteiger partial charge in [-0.05, 0) is 19.4 Å². The fourth-order valence-corrected chi connectivity index (χ4v) is 3.88. The molecule has 0 bridgehead atoms. The summed E-state index contributed by atoms with van der Waals surface area (Å²) in [5, 5.41) is 5.82. The molecular weight excluding hydrogens is 358 g/mol. The van der Waals surface area contributed by atoms with Gasteiger partial charge < -0.3 is 21.3 Å². The predicted octanol–water partition coefficient (Wildman–Crippen LogP) is 0.0221. The molecule has 0 unspecified atom stereocenters. The van der Waals surface area contributed by atoms with Crippen molar-refractivity contribution in [2.75, 3.05) is 13.6 Å². The van der Waals surface area contributed by atoms with Gasteiger partial charge in [0.2, 0.25) is 11.8 Å². The number of likely N-dealkylation sites (N-methyl/N-ethyl adjacent to an activating group) is 1. The first-order valence-corrected chi connectivity index (χ1v) is 9.51. The number of nitrogens with one attached hydrogen (secondary N) is 2. The first kappa shape index (κ1) is 20.0. The van der Waals surface area contributed by atoms with Crippen LogP contribution in [0, 0.1) is 5.92 Å². The first-order chi connectivity index (χ1) is 13.3. The van der Waals surface area contributed by atoms with Crippen LogP contribution in [0.3, 0.4) is 0 Å². The smallest absolute Gasteiger partial charge is 0.255 e. The van der Waals surface area contributed by atoms with E-state index in [1.54, 1.807) is 7.05 Å². The molecule has 8 heteroatoms. The summed E-state index contributed by atoms with van der Waals surface area (Å²) in [6.45, 7) is 4.09. The second-order valence-corrected chi connectivity index (χ2v) is 7.87. The van der Waals surface area contributed by atoms with Gasteiger partial charge in [-0.25, -0.2) is 4.99 Å². The molecule has 1 saturated heterocycles. The lowest BCUT2D eigenvalue weighted by molar-refractivity contribution is -0.139. The summed E-state index contributed by atoms with van der Waals surface area (Å²) in [5.41, 5.74) is 5.17. The second-order valence-electron chi connectivity index (χ2n) is 7.87. The van der Waals surface area contributed by atoms with E-state index in [1.165, 1.54) is 4.90 Å². The van der Waals surface area contributed by atoms with Gasteiger partial charge in [-0.15, -0.1) is 0 Å².